The van der Waals surface area contributed by atoms with Gasteiger partial charge in [0.25, 0.3) is 0 Å². The molecule has 4 rings (SSSR count). The summed E-state index contributed by atoms with van der Waals surface area (Å²) in [5, 5.41) is 8.50. The van der Waals surface area contributed by atoms with Crippen LogP contribution >= 0.6 is 11.6 Å². The van der Waals surface area contributed by atoms with Gasteiger partial charge < -0.3 is 4.90 Å². The van der Waals surface area contributed by atoms with Gasteiger partial charge in [-0.25, -0.2) is 4.39 Å². The molecule has 8 heteroatoms. The van der Waals surface area contributed by atoms with Gasteiger partial charge in [0.2, 0.25) is 5.91 Å². The molecule has 154 valence electrons. The average molecular weight is 418 g/mol. The van der Waals surface area contributed by atoms with E-state index in [0.29, 0.717) is 35.0 Å². The first-order valence-electron chi connectivity index (χ1n) is 10.1. The second-order valence-corrected chi connectivity index (χ2v) is 8.28. The molecule has 2 aromatic rings. The number of nitrogens with zero attached hydrogens (tertiary/aromatic N) is 3. The number of hydrogen-bond donors (Lipinski definition) is 2. The van der Waals surface area contributed by atoms with Crippen LogP contribution in [0.2, 0.25) is 5.02 Å². The lowest BCUT2D eigenvalue weighted by atomic mass is 10.1. The SMILES string of the molecule is CCN(CC1CC1c1ccc(F)cc1)c1cnnc(NNC(=O)CC2CC2)c1Cl. The molecule has 2 aliphatic rings. The summed E-state index contributed by atoms with van der Waals surface area (Å²) >= 11 is 6.56. The van der Waals surface area contributed by atoms with Gasteiger partial charge in [-0.15, -0.1) is 5.10 Å². The normalized spacial score (nSPS) is 20.2. The molecule has 0 bridgehead atoms. The summed E-state index contributed by atoms with van der Waals surface area (Å²) in [6.45, 7) is 3.67. The summed E-state index contributed by atoms with van der Waals surface area (Å²) in [6, 6.07) is 6.76. The van der Waals surface area contributed by atoms with Gasteiger partial charge in [-0.05, 0) is 61.6 Å². The second kappa shape index (κ2) is 8.53. The maximum Gasteiger partial charge on any atom is 0.238 e. The van der Waals surface area contributed by atoms with E-state index in [1.165, 1.54) is 17.7 Å². The third-order valence-electron chi connectivity index (χ3n) is 5.66. The highest BCUT2D eigenvalue weighted by Gasteiger charge is 2.39. The molecule has 6 nitrogen and oxygen atoms in total. The quantitative estimate of drug-likeness (QED) is 0.600. The van der Waals surface area contributed by atoms with E-state index in [0.717, 1.165) is 38.0 Å². The Labute approximate surface area is 174 Å². The maximum atomic E-state index is 13.1. The number of hydrazine groups is 1. The fourth-order valence-corrected chi connectivity index (χ4v) is 3.93. The molecule has 1 amide bonds. The lowest BCUT2D eigenvalue weighted by molar-refractivity contribution is -0.120. The first-order chi connectivity index (χ1) is 14.0. The van der Waals surface area contributed by atoms with Gasteiger partial charge in [-0.1, -0.05) is 23.7 Å². The van der Waals surface area contributed by atoms with Crippen molar-refractivity contribution >= 4 is 29.0 Å². The lowest BCUT2D eigenvalue weighted by Crippen LogP contribution is -2.31. The van der Waals surface area contributed by atoms with E-state index < -0.39 is 0 Å². The smallest absolute Gasteiger partial charge is 0.238 e. The number of carbonyl (C=O) groups excluding carboxylic acids is 1. The minimum Gasteiger partial charge on any atom is -0.369 e. The molecular formula is C21H25ClFN5O. The van der Waals surface area contributed by atoms with Crippen molar-refractivity contribution in [3.05, 3.63) is 46.9 Å². The number of rotatable bonds is 9. The average Bonchev–Trinajstić information content (AvgIpc) is 3.63. The van der Waals surface area contributed by atoms with Crippen LogP contribution in [0.4, 0.5) is 15.9 Å². The van der Waals surface area contributed by atoms with E-state index in [1.54, 1.807) is 6.20 Å². The summed E-state index contributed by atoms with van der Waals surface area (Å²) in [5.41, 5.74) is 7.42. The minimum absolute atomic E-state index is 0.0664. The Hall–Kier alpha value is -2.41. The van der Waals surface area contributed by atoms with Gasteiger partial charge in [-0.3, -0.25) is 15.6 Å². The van der Waals surface area contributed by atoms with Gasteiger partial charge in [-0.2, -0.15) is 5.10 Å². The molecule has 1 heterocycles. The highest BCUT2D eigenvalue weighted by molar-refractivity contribution is 6.35. The van der Waals surface area contributed by atoms with E-state index in [9.17, 15) is 9.18 Å². The van der Waals surface area contributed by atoms with Crippen molar-refractivity contribution in [3.63, 3.8) is 0 Å². The molecule has 0 radical (unpaired) electrons. The zero-order chi connectivity index (χ0) is 20.4. The lowest BCUT2D eigenvalue weighted by Gasteiger charge is -2.24. The Bertz CT molecular complexity index is 874. The molecular weight excluding hydrogens is 393 g/mol. The predicted molar refractivity (Wildman–Crippen MR) is 111 cm³/mol. The van der Waals surface area contributed by atoms with E-state index in [1.807, 2.05) is 12.1 Å². The molecule has 2 fully saturated rings. The number of nitrogens with one attached hydrogen (secondary N) is 2. The summed E-state index contributed by atoms with van der Waals surface area (Å²) in [5.74, 6) is 1.51. The number of amides is 1. The van der Waals surface area contributed by atoms with E-state index >= 15 is 0 Å². The number of carbonyl (C=O) groups is 1. The zero-order valence-corrected chi connectivity index (χ0v) is 17.1. The van der Waals surface area contributed by atoms with Crippen molar-refractivity contribution in [1.29, 1.82) is 0 Å². The molecule has 29 heavy (non-hydrogen) atoms. The predicted octanol–water partition coefficient (Wildman–Crippen LogP) is 4.14. The molecule has 0 spiro atoms. The highest BCUT2D eigenvalue weighted by atomic mass is 35.5. The molecule has 2 unspecified atom stereocenters. The Morgan fingerprint density at radius 1 is 1.31 bits per heavy atom. The Morgan fingerprint density at radius 3 is 2.76 bits per heavy atom. The third kappa shape index (κ3) is 4.96. The van der Waals surface area contributed by atoms with Crippen molar-refractivity contribution in [2.75, 3.05) is 23.4 Å². The van der Waals surface area contributed by atoms with Crippen molar-refractivity contribution < 1.29 is 9.18 Å². The van der Waals surface area contributed by atoms with Crippen LogP contribution in [0.25, 0.3) is 0 Å². The first kappa shape index (κ1) is 19.9. The number of hydrogen-bond acceptors (Lipinski definition) is 5. The number of aromatic nitrogens is 2. The maximum absolute atomic E-state index is 13.1. The third-order valence-corrected chi connectivity index (χ3v) is 6.03. The van der Waals surface area contributed by atoms with Gasteiger partial charge in [0.05, 0.1) is 11.9 Å². The van der Waals surface area contributed by atoms with Crippen LogP contribution in [0.3, 0.4) is 0 Å². The first-order valence-corrected chi connectivity index (χ1v) is 10.5. The summed E-state index contributed by atoms with van der Waals surface area (Å²) in [4.78, 5) is 14.1. The minimum atomic E-state index is -0.208. The van der Waals surface area contributed by atoms with Crippen LogP contribution in [0.15, 0.2) is 30.5 Å². The molecule has 2 N–H and O–H groups in total. The largest absolute Gasteiger partial charge is 0.369 e. The van der Waals surface area contributed by atoms with Crippen LogP contribution in [0, 0.1) is 17.7 Å². The van der Waals surface area contributed by atoms with Crippen molar-refractivity contribution in [3.8, 4) is 0 Å². The van der Waals surface area contributed by atoms with Crippen LogP contribution in [0.1, 0.15) is 44.1 Å². The van der Waals surface area contributed by atoms with Gasteiger partial charge in [0.1, 0.15) is 10.8 Å². The Kier molecular flexibility index (Phi) is 5.85. The molecule has 2 saturated carbocycles. The topological polar surface area (TPSA) is 70.2 Å². The van der Waals surface area contributed by atoms with Crippen molar-refractivity contribution in [1.82, 2.24) is 15.6 Å². The summed E-state index contributed by atoms with van der Waals surface area (Å²) in [7, 11) is 0. The Morgan fingerprint density at radius 2 is 2.07 bits per heavy atom. The zero-order valence-electron chi connectivity index (χ0n) is 16.4. The molecule has 2 atom stereocenters. The van der Waals surface area contributed by atoms with Crippen LogP contribution in [-0.4, -0.2) is 29.2 Å². The van der Waals surface area contributed by atoms with Crippen molar-refractivity contribution in [2.45, 2.75) is 38.5 Å². The summed E-state index contributed by atoms with van der Waals surface area (Å²) in [6.07, 6.45) is 5.48. The second-order valence-electron chi connectivity index (χ2n) is 7.91. The number of anilines is 2. The Balaban J connectivity index is 1.38. The standard InChI is InChI=1S/C21H25ClFN5O/c1-2-28(12-15-10-17(15)14-5-7-16(23)8-6-14)18-11-24-26-21(20(18)22)27-25-19(29)9-13-3-4-13/h5-8,11,13,15,17H,2-4,9-10,12H2,1H3,(H,25,29)(H,26,27). The number of benzene rings is 1. The van der Waals surface area contributed by atoms with Gasteiger partial charge >= 0.3 is 0 Å². The van der Waals surface area contributed by atoms with Crippen LogP contribution < -0.4 is 15.8 Å². The molecule has 1 aromatic heterocycles. The van der Waals surface area contributed by atoms with E-state index in [2.05, 4.69) is 32.9 Å². The monoisotopic (exact) mass is 417 g/mol. The van der Waals surface area contributed by atoms with Crippen LogP contribution in [-0.2, 0) is 4.79 Å². The van der Waals surface area contributed by atoms with E-state index in [-0.39, 0.29) is 11.7 Å². The molecule has 1 aromatic carbocycles. The molecule has 0 saturated heterocycles. The fraction of sp³-hybridized carbons (Fsp3) is 0.476. The van der Waals surface area contributed by atoms with E-state index in [4.69, 9.17) is 11.6 Å². The number of halogens is 2. The van der Waals surface area contributed by atoms with Crippen molar-refractivity contribution in [2.24, 2.45) is 11.8 Å². The van der Waals surface area contributed by atoms with Crippen LogP contribution in [0.5, 0.6) is 0 Å². The van der Waals surface area contributed by atoms with Gasteiger partial charge in [0.15, 0.2) is 5.82 Å². The molecule has 2 aliphatic carbocycles. The fourth-order valence-electron chi connectivity index (χ4n) is 3.68. The highest BCUT2D eigenvalue weighted by Crippen LogP contribution is 2.48. The molecule has 0 aliphatic heterocycles. The summed E-state index contributed by atoms with van der Waals surface area (Å²) < 4.78 is 13.1. The van der Waals surface area contributed by atoms with Gasteiger partial charge in [0, 0.05) is 19.5 Å².